The standard InChI is InChI=1S/C18H19N3OS/c1-13-6-8-14(9-7-13)18-19-17(22-20-18)12-21-10-2-4-15(21)16-5-3-11-23-16/h3,5-9,11,15H,2,4,10,12H2,1H3/t15-/m1/s1. The molecule has 0 aliphatic carbocycles. The third kappa shape index (κ3) is 3.07. The van der Waals surface area contributed by atoms with Crippen molar-refractivity contribution in [1.29, 1.82) is 0 Å². The van der Waals surface area contributed by atoms with E-state index in [2.05, 4.69) is 51.6 Å². The van der Waals surface area contributed by atoms with Gasteiger partial charge in [0.2, 0.25) is 11.7 Å². The molecule has 23 heavy (non-hydrogen) atoms. The molecule has 3 aromatic rings. The molecule has 0 saturated carbocycles. The fourth-order valence-electron chi connectivity index (χ4n) is 3.13. The van der Waals surface area contributed by atoms with Crippen LogP contribution in [0, 0.1) is 6.92 Å². The second-order valence-corrected chi connectivity index (χ2v) is 7.00. The van der Waals surface area contributed by atoms with E-state index < -0.39 is 0 Å². The lowest BCUT2D eigenvalue weighted by Crippen LogP contribution is -2.22. The predicted octanol–water partition coefficient (Wildman–Crippen LogP) is 4.44. The van der Waals surface area contributed by atoms with Gasteiger partial charge in [0.1, 0.15) is 0 Å². The number of likely N-dealkylation sites (tertiary alicyclic amines) is 1. The normalized spacial score (nSPS) is 18.6. The van der Waals surface area contributed by atoms with Crippen LogP contribution in [0.1, 0.15) is 35.2 Å². The molecule has 0 radical (unpaired) electrons. The summed E-state index contributed by atoms with van der Waals surface area (Å²) in [5, 5.41) is 6.28. The Hall–Kier alpha value is -1.98. The number of hydrogen-bond donors (Lipinski definition) is 0. The Bertz CT molecular complexity index is 764. The van der Waals surface area contributed by atoms with Gasteiger partial charge in [-0.05, 0) is 37.8 Å². The van der Waals surface area contributed by atoms with Gasteiger partial charge < -0.3 is 4.52 Å². The van der Waals surface area contributed by atoms with Crippen LogP contribution in [0.4, 0.5) is 0 Å². The summed E-state index contributed by atoms with van der Waals surface area (Å²) < 4.78 is 5.48. The fourth-order valence-corrected chi connectivity index (χ4v) is 4.03. The van der Waals surface area contributed by atoms with Gasteiger partial charge in [0.25, 0.3) is 0 Å². The van der Waals surface area contributed by atoms with Crippen LogP contribution in [-0.4, -0.2) is 21.6 Å². The van der Waals surface area contributed by atoms with Gasteiger partial charge >= 0.3 is 0 Å². The molecule has 118 valence electrons. The van der Waals surface area contributed by atoms with E-state index in [0.717, 1.165) is 18.7 Å². The van der Waals surface area contributed by atoms with E-state index in [4.69, 9.17) is 4.52 Å². The van der Waals surface area contributed by atoms with Gasteiger partial charge in [-0.15, -0.1) is 11.3 Å². The van der Waals surface area contributed by atoms with E-state index in [-0.39, 0.29) is 0 Å². The van der Waals surface area contributed by atoms with Crippen molar-refractivity contribution in [3.8, 4) is 11.4 Å². The quantitative estimate of drug-likeness (QED) is 0.711. The zero-order chi connectivity index (χ0) is 15.6. The van der Waals surface area contributed by atoms with Gasteiger partial charge in [-0.25, -0.2) is 0 Å². The second-order valence-electron chi connectivity index (χ2n) is 6.02. The number of nitrogens with zero attached hydrogens (tertiary/aromatic N) is 3. The molecule has 1 fully saturated rings. The van der Waals surface area contributed by atoms with Gasteiger partial charge in [0.15, 0.2) is 0 Å². The van der Waals surface area contributed by atoms with Crippen LogP contribution in [0.15, 0.2) is 46.3 Å². The average molecular weight is 325 g/mol. The zero-order valence-corrected chi connectivity index (χ0v) is 13.9. The Labute approximate surface area is 139 Å². The molecule has 0 spiro atoms. The van der Waals surface area contributed by atoms with Gasteiger partial charge in [-0.2, -0.15) is 4.98 Å². The number of thiophene rings is 1. The van der Waals surface area contributed by atoms with Crippen molar-refractivity contribution < 1.29 is 4.52 Å². The molecule has 0 N–H and O–H groups in total. The molecule has 4 rings (SSSR count). The Morgan fingerprint density at radius 2 is 2.13 bits per heavy atom. The maximum Gasteiger partial charge on any atom is 0.241 e. The smallest absolute Gasteiger partial charge is 0.241 e. The van der Waals surface area contributed by atoms with Gasteiger partial charge in [0.05, 0.1) is 6.54 Å². The number of benzene rings is 1. The minimum absolute atomic E-state index is 0.490. The maximum atomic E-state index is 5.48. The maximum absolute atomic E-state index is 5.48. The molecule has 1 saturated heterocycles. The highest BCUT2D eigenvalue weighted by molar-refractivity contribution is 7.10. The van der Waals surface area contributed by atoms with Crippen LogP contribution in [0.2, 0.25) is 0 Å². The summed E-state index contributed by atoms with van der Waals surface area (Å²) >= 11 is 1.83. The molecule has 5 heteroatoms. The molecular weight excluding hydrogens is 306 g/mol. The van der Waals surface area contributed by atoms with Gasteiger partial charge in [-0.1, -0.05) is 41.1 Å². The number of rotatable bonds is 4. The summed E-state index contributed by atoms with van der Waals surface area (Å²) in [4.78, 5) is 8.45. The van der Waals surface area contributed by atoms with E-state index in [0.29, 0.717) is 17.8 Å². The molecule has 3 heterocycles. The molecule has 1 aliphatic heterocycles. The van der Waals surface area contributed by atoms with Crippen LogP contribution in [0.5, 0.6) is 0 Å². The number of aryl methyl sites for hydroxylation is 1. The molecule has 1 aliphatic rings. The average Bonchev–Trinajstić information content (AvgIpc) is 3.29. The lowest BCUT2D eigenvalue weighted by atomic mass is 10.1. The van der Waals surface area contributed by atoms with Crippen LogP contribution >= 0.6 is 11.3 Å². The monoisotopic (exact) mass is 325 g/mol. The minimum atomic E-state index is 0.490. The van der Waals surface area contributed by atoms with Crippen LogP contribution in [-0.2, 0) is 6.54 Å². The largest absolute Gasteiger partial charge is 0.338 e. The van der Waals surface area contributed by atoms with Crippen molar-refractivity contribution in [2.24, 2.45) is 0 Å². The van der Waals surface area contributed by atoms with Gasteiger partial charge in [-0.3, -0.25) is 4.90 Å². The molecule has 1 atom stereocenters. The summed E-state index contributed by atoms with van der Waals surface area (Å²) in [5.41, 5.74) is 2.23. The first-order chi connectivity index (χ1) is 11.3. The van der Waals surface area contributed by atoms with E-state index in [1.54, 1.807) is 0 Å². The highest BCUT2D eigenvalue weighted by atomic mass is 32.1. The summed E-state index contributed by atoms with van der Waals surface area (Å²) in [6.45, 7) is 3.88. The molecule has 1 aromatic carbocycles. The van der Waals surface area contributed by atoms with Crippen molar-refractivity contribution in [3.05, 3.63) is 58.1 Å². The van der Waals surface area contributed by atoms with Crippen molar-refractivity contribution in [1.82, 2.24) is 15.0 Å². The minimum Gasteiger partial charge on any atom is -0.338 e. The highest BCUT2D eigenvalue weighted by Crippen LogP contribution is 2.35. The lowest BCUT2D eigenvalue weighted by Gasteiger charge is -2.21. The Balaban J connectivity index is 1.50. The summed E-state index contributed by atoms with van der Waals surface area (Å²) in [7, 11) is 0. The third-order valence-electron chi connectivity index (χ3n) is 4.35. The van der Waals surface area contributed by atoms with Crippen LogP contribution in [0.3, 0.4) is 0 Å². The third-order valence-corrected chi connectivity index (χ3v) is 5.33. The summed E-state index contributed by atoms with van der Waals surface area (Å²) in [5.74, 6) is 1.37. The van der Waals surface area contributed by atoms with E-state index >= 15 is 0 Å². The summed E-state index contributed by atoms with van der Waals surface area (Å²) in [6, 6.07) is 13.0. The summed E-state index contributed by atoms with van der Waals surface area (Å²) in [6.07, 6.45) is 2.43. The Morgan fingerprint density at radius 1 is 1.26 bits per heavy atom. The Kier molecular flexibility index (Phi) is 3.97. The first kappa shape index (κ1) is 14.6. The molecule has 0 unspecified atom stereocenters. The van der Waals surface area contributed by atoms with Crippen molar-refractivity contribution in [2.45, 2.75) is 32.4 Å². The van der Waals surface area contributed by atoms with Gasteiger partial charge in [0, 0.05) is 16.5 Å². The zero-order valence-electron chi connectivity index (χ0n) is 13.1. The van der Waals surface area contributed by atoms with Crippen LogP contribution < -0.4 is 0 Å². The molecule has 0 bridgehead atoms. The number of aromatic nitrogens is 2. The first-order valence-corrected chi connectivity index (χ1v) is 8.84. The SMILES string of the molecule is Cc1ccc(-c2noc(CN3CCC[C@@H]3c3cccs3)n2)cc1. The molecule has 2 aromatic heterocycles. The first-order valence-electron chi connectivity index (χ1n) is 7.97. The topological polar surface area (TPSA) is 42.2 Å². The fraction of sp³-hybridized carbons (Fsp3) is 0.333. The second kappa shape index (κ2) is 6.26. The number of hydrogen-bond acceptors (Lipinski definition) is 5. The van der Waals surface area contributed by atoms with Crippen molar-refractivity contribution in [3.63, 3.8) is 0 Å². The Morgan fingerprint density at radius 3 is 2.91 bits per heavy atom. The predicted molar refractivity (Wildman–Crippen MR) is 91.2 cm³/mol. The highest BCUT2D eigenvalue weighted by Gasteiger charge is 2.28. The molecule has 4 nitrogen and oxygen atoms in total. The molecular formula is C18H19N3OS. The van der Waals surface area contributed by atoms with Crippen molar-refractivity contribution >= 4 is 11.3 Å². The molecule has 0 amide bonds. The lowest BCUT2D eigenvalue weighted by molar-refractivity contribution is 0.214. The van der Waals surface area contributed by atoms with Crippen molar-refractivity contribution in [2.75, 3.05) is 6.54 Å². The van der Waals surface area contributed by atoms with E-state index in [1.807, 2.05) is 23.5 Å². The van der Waals surface area contributed by atoms with E-state index in [9.17, 15) is 0 Å². The van der Waals surface area contributed by atoms with E-state index in [1.165, 1.54) is 23.3 Å². The van der Waals surface area contributed by atoms with Crippen LogP contribution in [0.25, 0.3) is 11.4 Å².